The van der Waals surface area contributed by atoms with E-state index in [-0.39, 0.29) is 34.7 Å². The number of rotatable bonds is 7. The molecule has 8 heteroatoms. The molecule has 242 valence electrons. The Morgan fingerprint density at radius 1 is 1.13 bits per heavy atom. The van der Waals surface area contributed by atoms with Gasteiger partial charge in [-0.05, 0) is 101 Å². The Morgan fingerprint density at radius 2 is 1.96 bits per heavy atom. The van der Waals surface area contributed by atoms with Crippen LogP contribution in [0.5, 0.6) is 0 Å². The van der Waals surface area contributed by atoms with E-state index in [0.717, 1.165) is 57.9 Å². The van der Waals surface area contributed by atoms with Crippen molar-refractivity contribution in [2.75, 3.05) is 25.5 Å². The van der Waals surface area contributed by atoms with Crippen LogP contribution in [0.1, 0.15) is 99.8 Å². The van der Waals surface area contributed by atoms with E-state index in [1.54, 1.807) is 18.2 Å². The van der Waals surface area contributed by atoms with Crippen molar-refractivity contribution in [3.8, 4) is 12.3 Å². The first-order valence-electron chi connectivity index (χ1n) is 16.8. The molecule has 0 saturated carbocycles. The maximum absolute atomic E-state index is 16.9. The minimum atomic E-state index is -0.639. The Hall–Kier alpha value is -3.67. The highest BCUT2D eigenvalue weighted by Gasteiger charge is 2.38. The Balaban J connectivity index is 1.51. The molecule has 0 amide bonds. The number of terminal acetylenes is 1. The molecule has 1 aromatic heterocycles. The molecule has 3 aliphatic rings. The maximum Gasteiger partial charge on any atom is 0.150 e. The monoisotopic (exact) mass is 627 g/mol. The van der Waals surface area contributed by atoms with Crippen molar-refractivity contribution in [2.24, 2.45) is 0 Å². The van der Waals surface area contributed by atoms with Crippen LogP contribution in [0.2, 0.25) is 0 Å². The highest BCUT2D eigenvalue weighted by Crippen LogP contribution is 2.40. The number of allylic oxidation sites excluding steroid dienone is 2. The zero-order valence-corrected chi connectivity index (χ0v) is 27.2. The first-order valence-corrected chi connectivity index (χ1v) is 16.8. The van der Waals surface area contributed by atoms with E-state index in [9.17, 15) is 4.39 Å². The number of halogens is 3. The molecule has 2 bridgehead atoms. The van der Waals surface area contributed by atoms with Gasteiger partial charge < -0.3 is 15.5 Å². The van der Waals surface area contributed by atoms with Crippen LogP contribution in [0.25, 0.3) is 28.2 Å². The van der Waals surface area contributed by atoms with Crippen LogP contribution in [0.4, 0.5) is 19.0 Å². The van der Waals surface area contributed by atoms with Gasteiger partial charge >= 0.3 is 0 Å². The lowest BCUT2D eigenvalue weighted by Crippen LogP contribution is -2.41. The Labute approximate surface area is 270 Å². The molecule has 0 spiro atoms. The second kappa shape index (κ2) is 13.6. The maximum atomic E-state index is 16.9. The van der Waals surface area contributed by atoms with Crippen LogP contribution in [0.15, 0.2) is 36.2 Å². The lowest BCUT2D eigenvalue weighted by molar-refractivity contribution is 0.146. The molecule has 2 N–H and O–H groups in total. The molecule has 3 aromatic rings. The van der Waals surface area contributed by atoms with Gasteiger partial charge in [0.2, 0.25) is 0 Å². The molecule has 3 atom stereocenters. The van der Waals surface area contributed by atoms with Gasteiger partial charge in [-0.1, -0.05) is 43.5 Å². The van der Waals surface area contributed by atoms with Crippen molar-refractivity contribution in [1.29, 1.82) is 0 Å². The van der Waals surface area contributed by atoms with E-state index in [1.165, 1.54) is 19.1 Å². The van der Waals surface area contributed by atoms with Gasteiger partial charge in [0.15, 0.2) is 0 Å². The number of likely N-dealkylation sites (tertiary alicyclic amines) is 1. The molecule has 0 radical (unpaired) electrons. The van der Waals surface area contributed by atoms with Crippen LogP contribution in [-0.4, -0.2) is 52.6 Å². The summed E-state index contributed by atoms with van der Waals surface area (Å²) in [5.41, 5.74) is 1.40. The number of benzene rings is 2. The lowest BCUT2D eigenvalue weighted by Gasteiger charge is -2.36. The summed E-state index contributed by atoms with van der Waals surface area (Å²) in [6.45, 7) is 5.29. The summed E-state index contributed by atoms with van der Waals surface area (Å²) in [7, 11) is 2.19. The first-order chi connectivity index (χ1) is 22.2. The number of nitrogens with zero attached hydrogens (tertiary/aromatic N) is 3. The lowest BCUT2D eigenvalue weighted by atomic mass is 9.86. The number of hydrogen-bond acceptors (Lipinski definition) is 5. The van der Waals surface area contributed by atoms with E-state index in [2.05, 4.69) is 35.4 Å². The Bertz CT molecular complexity index is 1720. The fourth-order valence-corrected chi connectivity index (χ4v) is 7.99. The Kier molecular flexibility index (Phi) is 9.54. The van der Waals surface area contributed by atoms with E-state index >= 15 is 8.78 Å². The van der Waals surface area contributed by atoms with Gasteiger partial charge in [-0.3, -0.25) is 0 Å². The molecule has 5 nitrogen and oxygen atoms in total. The average molecular weight is 628 g/mol. The zero-order chi connectivity index (χ0) is 32.4. The standard InChI is InChI=1S/C38H44F3N5/c1-5-18-38(19-8-21-46(38)4)20-17-33-44-36(32(41)22-26-10-7-9-25-11-16-31(40)29(6-2)34(25)26)35-30(24(3)39)15-14-27-12-13-28(43-27)23-42-37(35)45-33/h2,7,9-11,16,22,27-28,43H,5,8,12-15,17-21,23H2,1,3-4H3,(H,42,44,45)/b30-24+,32-22-. The quantitative estimate of drug-likeness (QED) is 0.258. The van der Waals surface area contributed by atoms with E-state index in [4.69, 9.17) is 16.4 Å². The number of nitrogens with one attached hydrogen (secondary N) is 2. The van der Waals surface area contributed by atoms with E-state index in [0.29, 0.717) is 58.5 Å². The smallest absolute Gasteiger partial charge is 0.150 e. The zero-order valence-electron chi connectivity index (χ0n) is 27.2. The molecular formula is C38H44F3N5. The summed E-state index contributed by atoms with van der Waals surface area (Å²) in [5.74, 6) is 1.88. The molecule has 0 aliphatic carbocycles. The van der Waals surface area contributed by atoms with Crippen LogP contribution < -0.4 is 10.6 Å². The van der Waals surface area contributed by atoms with E-state index in [1.807, 2.05) is 6.07 Å². The average Bonchev–Trinajstić information content (AvgIpc) is 3.65. The topological polar surface area (TPSA) is 53.1 Å². The van der Waals surface area contributed by atoms with Gasteiger partial charge in [-0.25, -0.2) is 23.1 Å². The van der Waals surface area contributed by atoms with Crippen molar-refractivity contribution in [3.63, 3.8) is 0 Å². The van der Waals surface area contributed by atoms with Gasteiger partial charge in [0.25, 0.3) is 0 Å². The minimum absolute atomic E-state index is 0.0559. The van der Waals surface area contributed by atoms with Crippen molar-refractivity contribution in [1.82, 2.24) is 20.2 Å². The van der Waals surface area contributed by atoms with Gasteiger partial charge in [0, 0.05) is 36.0 Å². The largest absolute Gasteiger partial charge is 0.368 e. The molecule has 3 unspecified atom stereocenters. The fraction of sp³-hybridized carbons (Fsp3) is 0.474. The molecule has 6 rings (SSSR count). The molecule has 2 fully saturated rings. The number of hydrogen-bond donors (Lipinski definition) is 2. The van der Waals surface area contributed by atoms with Crippen LogP contribution >= 0.6 is 0 Å². The summed E-state index contributed by atoms with van der Waals surface area (Å²) in [5, 5.41) is 8.30. The van der Waals surface area contributed by atoms with Gasteiger partial charge in [0.05, 0.1) is 11.1 Å². The third-order valence-corrected chi connectivity index (χ3v) is 10.4. The molecule has 2 aromatic carbocycles. The third-order valence-electron chi connectivity index (χ3n) is 10.4. The normalized spacial score (nSPS) is 24.8. The molecular weight excluding hydrogens is 583 g/mol. The summed E-state index contributed by atoms with van der Waals surface area (Å²) >= 11 is 0. The summed E-state index contributed by atoms with van der Waals surface area (Å²) < 4.78 is 47.2. The minimum Gasteiger partial charge on any atom is -0.368 e. The van der Waals surface area contributed by atoms with Crippen molar-refractivity contribution in [3.05, 3.63) is 70.2 Å². The third kappa shape index (κ3) is 6.32. The second-order valence-electron chi connectivity index (χ2n) is 13.3. The van der Waals surface area contributed by atoms with Crippen LogP contribution in [0, 0.1) is 18.2 Å². The van der Waals surface area contributed by atoms with Gasteiger partial charge in [-0.15, -0.1) is 6.42 Å². The second-order valence-corrected chi connectivity index (χ2v) is 13.3. The predicted octanol–water partition coefficient (Wildman–Crippen LogP) is 8.44. The Morgan fingerprint density at radius 3 is 2.70 bits per heavy atom. The van der Waals surface area contributed by atoms with Crippen molar-refractivity contribution < 1.29 is 13.2 Å². The SMILES string of the molecule is C#Cc1c(F)ccc2cccc(/C=C(\F)c3nc(CCC4(CCC)CCCN4C)nc4c3/C(=C(\C)F)CCC3CCC(CN4)N3)c12. The molecule has 46 heavy (non-hydrogen) atoms. The summed E-state index contributed by atoms with van der Waals surface area (Å²) in [6, 6.07) is 8.82. The highest BCUT2D eigenvalue weighted by molar-refractivity contribution is 5.99. The molecule has 4 heterocycles. The predicted molar refractivity (Wildman–Crippen MR) is 182 cm³/mol. The first kappa shape index (κ1) is 32.3. The van der Waals surface area contributed by atoms with Crippen LogP contribution in [0.3, 0.4) is 0 Å². The van der Waals surface area contributed by atoms with Crippen molar-refractivity contribution in [2.45, 2.75) is 95.7 Å². The number of aryl methyl sites for hydroxylation is 1. The van der Waals surface area contributed by atoms with Crippen LogP contribution in [-0.2, 0) is 6.42 Å². The number of fused-ring (bicyclic) bond motifs is 4. The molecule has 2 saturated heterocycles. The summed E-state index contributed by atoms with van der Waals surface area (Å²) in [4.78, 5) is 12.3. The molecule has 3 aliphatic heterocycles. The van der Waals surface area contributed by atoms with E-state index < -0.39 is 11.6 Å². The highest BCUT2D eigenvalue weighted by atomic mass is 19.1. The number of anilines is 1. The fourth-order valence-electron chi connectivity index (χ4n) is 7.99. The summed E-state index contributed by atoms with van der Waals surface area (Å²) in [6.07, 6.45) is 16.1. The van der Waals surface area contributed by atoms with Crippen molar-refractivity contribution >= 4 is 34.1 Å². The van der Waals surface area contributed by atoms with Gasteiger partial charge in [-0.2, -0.15) is 0 Å². The number of aromatic nitrogens is 2. The van der Waals surface area contributed by atoms with Gasteiger partial charge in [0.1, 0.15) is 34.8 Å².